The molecule has 0 aliphatic carbocycles. The maximum Gasteiger partial charge on any atom is 0.306 e. The summed E-state index contributed by atoms with van der Waals surface area (Å²) in [5, 5.41) is 0. The first kappa shape index (κ1) is 77.3. The van der Waals surface area contributed by atoms with Crippen molar-refractivity contribution in [3.05, 3.63) is 97.2 Å². The van der Waals surface area contributed by atoms with E-state index in [4.69, 9.17) is 14.2 Å². The Labute approximate surface area is 502 Å². The van der Waals surface area contributed by atoms with Gasteiger partial charge in [0.15, 0.2) is 6.10 Å². The molecule has 81 heavy (non-hydrogen) atoms. The summed E-state index contributed by atoms with van der Waals surface area (Å²) in [7, 11) is 0. The van der Waals surface area contributed by atoms with Gasteiger partial charge < -0.3 is 14.2 Å². The average molecular weight is 1130 g/mol. The van der Waals surface area contributed by atoms with Crippen LogP contribution in [0.3, 0.4) is 0 Å². The third kappa shape index (κ3) is 67.0. The van der Waals surface area contributed by atoms with Crippen molar-refractivity contribution in [2.45, 2.75) is 348 Å². The molecule has 0 fully saturated rings. The van der Waals surface area contributed by atoms with Gasteiger partial charge in [0.05, 0.1) is 0 Å². The topological polar surface area (TPSA) is 78.9 Å². The number of hydrogen-bond donors (Lipinski definition) is 0. The summed E-state index contributed by atoms with van der Waals surface area (Å²) in [5.41, 5.74) is 0. The van der Waals surface area contributed by atoms with E-state index < -0.39 is 6.10 Å². The van der Waals surface area contributed by atoms with Crippen LogP contribution in [-0.2, 0) is 28.6 Å². The van der Waals surface area contributed by atoms with Gasteiger partial charge in [0, 0.05) is 19.3 Å². The Balaban J connectivity index is 4.22. The lowest BCUT2D eigenvalue weighted by molar-refractivity contribution is -0.167. The molecular weight excluding hydrogens is 997 g/mol. The van der Waals surface area contributed by atoms with Crippen LogP contribution in [0.2, 0.25) is 0 Å². The van der Waals surface area contributed by atoms with Gasteiger partial charge in [-0.05, 0) is 116 Å². The Kier molecular flexibility index (Phi) is 65.7. The zero-order valence-corrected chi connectivity index (χ0v) is 53.5. The number of carbonyl (C=O) groups is 3. The highest BCUT2D eigenvalue weighted by Gasteiger charge is 2.19. The van der Waals surface area contributed by atoms with Gasteiger partial charge in [-0.1, -0.05) is 304 Å². The van der Waals surface area contributed by atoms with E-state index in [1.165, 1.54) is 180 Å². The van der Waals surface area contributed by atoms with Gasteiger partial charge in [0.25, 0.3) is 0 Å². The van der Waals surface area contributed by atoms with Crippen molar-refractivity contribution in [3.8, 4) is 0 Å². The molecule has 0 saturated carbocycles. The van der Waals surface area contributed by atoms with E-state index in [0.717, 1.165) is 122 Å². The minimum Gasteiger partial charge on any atom is -0.462 e. The van der Waals surface area contributed by atoms with Crippen molar-refractivity contribution in [2.75, 3.05) is 13.2 Å². The van der Waals surface area contributed by atoms with E-state index in [0.29, 0.717) is 19.3 Å². The lowest BCUT2D eigenvalue weighted by atomic mass is 10.0. The first-order valence-electron chi connectivity index (χ1n) is 34.7. The van der Waals surface area contributed by atoms with Crippen LogP contribution in [-0.4, -0.2) is 37.2 Å². The minimum absolute atomic E-state index is 0.0911. The summed E-state index contributed by atoms with van der Waals surface area (Å²) in [6.45, 7) is 6.41. The molecule has 0 aromatic heterocycles. The van der Waals surface area contributed by atoms with Crippen molar-refractivity contribution < 1.29 is 28.6 Å². The number of carbonyl (C=O) groups excluding carboxylic acids is 3. The van der Waals surface area contributed by atoms with E-state index in [-0.39, 0.29) is 31.1 Å². The van der Waals surface area contributed by atoms with Crippen molar-refractivity contribution in [2.24, 2.45) is 0 Å². The molecule has 466 valence electrons. The number of ether oxygens (including phenoxy) is 3. The second kappa shape index (κ2) is 68.8. The van der Waals surface area contributed by atoms with Crippen molar-refractivity contribution in [1.82, 2.24) is 0 Å². The summed E-state index contributed by atoms with van der Waals surface area (Å²) in [6, 6.07) is 0. The standard InChI is InChI=1S/C75H130O6/c1-4-7-10-13-16-19-22-25-27-29-31-32-33-34-35-36-37-38-39-40-41-42-44-45-47-50-53-56-59-62-65-68-74(77)80-71-72(70-79-73(76)67-64-61-58-55-52-49-24-21-18-15-12-9-6-3)81-75(78)69-66-63-60-57-54-51-48-46-43-30-28-26-23-20-17-14-11-8-5-2/h8-9,11-12,17-18,20-21,26,28-29,31,43,46,49,52,72H,4-7,10,13-16,19,22-25,27,30,32-42,44-45,47-48,50-51,53-71H2,1-3H3/b11-8-,12-9-,20-17-,21-18-,28-26-,31-29-,46-43-,52-49-. The van der Waals surface area contributed by atoms with Crippen LogP contribution < -0.4 is 0 Å². The molecule has 6 nitrogen and oxygen atoms in total. The van der Waals surface area contributed by atoms with Crippen LogP contribution in [0.1, 0.15) is 342 Å². The van der Waals surface area contributed by atoms with E-state index in [1.807, 2.05) is 0 Å². The van der Waals surface area contributed by atoms with Crippen LogP contribution in [0.25, 0.3) is 0 Å². The van der Waals surface area contributed by atoms with Crippen molar-refractivity contribution >= 4 is 17.9 Å². The molecule has 0 N–H and O–H groups in total. The van der Waals surface area contributed by atoms with Gasteiger partial charge in [-0.15, -0.1) is 0 Å². The number of unbranched alkanes of at least 4 members (excludes halogenated alkanes) is 36. The smallest absolute Gasteiger partial charge is 0.306 e. The molecule has 0 bridgehead atoms. The third-order valence-electron chi connectivity index (χ3n) is 15.1. The zero-order chi connectivity index (χ0) is 58.5. The Morgan fingerprint density at radius 1 is 0.259 bits per heavy atom. The lowest BCUT2D eigenvalue weighted by Gasteiger charge is -2.18. The Hall–Kier alpha value is -3.67. The number of allylic oxidation sites excluding steroid dienone is 16. The van der Waals surface area contributed by atoms with Gasteiger partial charge in [0.1, 0.15) is 13.2 Å². The van der Waals surface area contributed by atoms with Crippen molar-refractivity contribution in [3.63, 3.8) is 0 Å². The first-order valence-corrected chi connectivity index (χ1v) is 34.7. The fourth-order valence-electron chi connectivity index (χ4n) is 9.92. The average Bonchev–Trinajstić information content (AvgIpc) is 3.46. The molecule has 1 unspecified atom stereocenters. The van der Waals surface area contributed by atoms with Crippen LogP contribution in [0.5, 0.6) is 0 Å². The van der Waals surface area contributed by atoms with Gasteiger partial charge >= 0.3 is 17.9 Å². The largest absolute Gasteiger partial charge is 0.462 e. The highest BCUT2D eigenvalue weighted by atomic mass is 16.6. The Morgan fingerprint density at radius 3 is 0.778 bits per heavy atom. The second-order valence-corrected chi connectivity index (χ2v) is 23.0. The van der Waals surface area contributed by atoms with Gasteiger partial charge in [-0.25, -0.2) is 0 Å². The van der Waals surface area contributed by atoms with E-state index in [1.54, 1.807) is 0 Å². The molecule has 1 atom stereocenters. The van der Waals surface area contributed by atoms with Gasteiger partial charge in [-0.3, -0.25) is 14.4 Å². The molecule has 0 saturated heterocycles. The highest BCUT2D eigenvalue weighted by molar-refractivity contribution is 5.71. The molecule has 0 aromatic carbocycles. The molecule has 0 aliphatic heterocycles. The van der Waals surface area contributed by atoms with Crippen molar-refractivity contribution in [1.29, 1.82) is 0 Å². The SMILES string of the molecule is CC/C=C\C/C=C\C/C=C\C/C=C\CCCCCCCCC(=O)OC(COC(=O)CCCCC/C=C\C/C=C\C/C=C\CC)COC(=O)CCCCCCCCCCCCCCCCCCCCC/C=C\CCCCCCCCCC. The zero-order valence-electron chi connectivity index (χ0n) is 53.5. The van der Waals surface area contributed by atoms with Crippen LogP contribution in [0.4, 0.5) is 0 Å². The normalized spacial score (nSPS) is 12.7. The number of hydrogen-bond acceptors (Lipinski definition) is 6. The fourth-order valence-corrected chi connectivity index (χ4v) is 9.92. The van der Waals surface area contributed by atoms with E-state index >= 15 is 0 Å². The van der Waals surface area contributed by atoms with Crippen LogP contribution in [0.15, 0.2) is 97.2 Å². The quantitative estimate of drug-likeness (QED) is 0.0261. The molecular formula is C75H130O6. The summed E-state index contributed by atoms with van der Waals surface area (Å²) >= 11 is 0. The number of esters is 3. The Bertz CT molecular complexity index is 1580. The third-order valence-corrected chi connectivity index (χ3v) is 15.1. The highest BCUT2D eigenvalue weighted by Crippen LogP contribution is 2.17. The second-order valence-electron chi connectivity index (χ2n) is 23.0. The predicted molar refractivity (Wildman–Crippen MR) is 353 cm³/mol. The summed E-state index contributed by atoms with van der Waals surface area (Å²) in [5.74, 6) is -0.924. The summed E-state index contributed by atoms with van der Waals surface area (Å²) < 4.78 is 16.9. The molecule has 6 heteroatoms. The van der Waals surface area contributed by atoms with Crippen LogP contribution in [0, 0.1) is 0 Å². The molecule has 0 aliphatic rings. The monoisotopic (exact) mass is 1130 g/mol. The Morgan fingerprint density at radius 2 is 0.481 bits per heavy atom. The summed E-state index contributed by atoms with van der Waals surface area (Å²) in [4.78, 5) is 38.3. The van der Waals surface area contributed by atoms with E-state index in [9.17, 15) is 14.4 Å². The first-order chi connectivity index (χ1) is 40.0. The molecule has 0 heterocycles. The predicted octanol–water partition coefficient (Wildman–Crippen LogP) is 24.0. The molecule has 0 radical (unpaired) electrons. The molecule has 0 aromatic rings. The van der Waals surface area contributed by atoms with Crippen LogP contribution >= 0.6 is 0 Å². The van der Waals surface area contributed by atoms with E-state index in [2.05, 4.69) is 118 Å². The molecule has 0 rings (SSSR count). The van der Waals surface area contributed by atoms with Gasteiger partial charge in [0.2, 0.25) is 0 Å². The molecule has 0 amide bonds. The van der Waals surface area contributed by atoms with Gasteiger partial charge in [-0.2, -0.15) is 0 Å². The number of rotatable bonds is 63. The maximum atomic E-state index is 12.9. The molecule has 0 spiro atoms. The fraction of sp³-hybridized carbons (Fsp3) is 0.747. The minimum atomic E-state index is -0.799. The maximum absolute atomic E-state index is 12.9. The summed E-state index contributed by atoms with van der Waals surface area (Å²) in [6.07, 6.45) is 93.1. The lowest BCUT2D eigenvalue weighted by Crippen LogP contribution is -2.30.